The van der Waals surface area contributed by atoms with Crippen LogP contribution in [0, 0.1) is 6.07 Å². The van der Waals surface area contributed by atoms with E-state index in [1.807, 2.05) is 0 Å². The predicted octanol–water partition coefficient (Wildman–Crippen LogP) is 2.64. The fourth-order valence-corrected chi connectivity index (χ4v) is 1.40. The van der Waals surface area contributed by atoms with E-state index in [9.17, 15) is 0 Å². The van der Waals surface area contributed by atoms with Crippen molar-refractivity contribution in [2.24, 2.45) is 0 Å². The largest absolute Gasteiger partial charge is 0.142 e. The molecule has 0 aliphatic rings. The summed E-state index contributed by atoms with van der Waals surface area (Å²) in [6.07, 6.45) is 0. The van der Waals surface area contributed by atoms with Crippen molar-refractivity contribution in [1.82, 2.24) is 0 Å². The molecule has 4 heteroatoms. The van der Waals surface area contributed by atoms with Crippen LogP contribution in [0.5, 0.6) is 0 Å². The minimum absolute atomic E-state index is 0.700. The Morgan fingerprint density at radius 2 is 1.60 bits per heavy atom. The Hall–Kier alpha value is 0.620. The fraction of sp³-hybridized carbons (Fsp3) is 0. The summed E-state index contributed by atoms with van der Waals surface area (Å²) in [5.41, 5.74) is 0. The molecule has 0 saturated carbocycles. The van der Waals surface area contributed by atoms with Crippen LogP contribution in [0.25, 0.3) is 0 Å². The summed E-state index contributed by atoms with van der Waals surface area (Å²) in [7, 11) is 0. The minimum Gasteiger partial charge on any atom is -0.142 e. The molecule has 1 aromatic carbocycles. The van der Waals surface area contributed by atoms with Gasteiger partial charge in [-0.2, -0.15) is 0 Å². The summed E-state index contributed by atoms with van der Waals surface area (Å²) < 4.78 is 0. The lowest BCUT2D eigenvalue weighted by Gasteiger charge is -2.02. The van der Waals surface area contributed by atoms with Crippen molar-refractivity contribution < 1.29 is 0 Å². The smallest absolute Gasteiger partial charge is 0.0325 e. The Balaban J connectivity index is 3.34. The molecule has 0 amide bonds. The maximum absolute atomic E-state index is 4.16. The van der Waals surface area contributed by atoms with Gasteiger partial charge in [-0.05, 0) is 12.1 Å². The third-order valence-corrected chi connectivity index (χ3v) is 3.18. The summed E-state index contributed by atoms with van der Waals surface area (Å²) in [5, 5.41) is 0. The third-order valence-electron chi connectivity index (χ3n) is 1.04. The summed E-state index contributed by atoms with van der Waals surface area (Å²) in [5.74, 6) is 0. The molecule has 1 aromatic rings. The fourth-order valence-electron chi connectivity index (χ4n) is 0.507. The second-order valence-electron chi connectivity index (χ2n) is 1.72. The maximum atomic E-state index is 4.16. The molecule has 0 heterocycles. The normalized spacial score (nSPS) is 10.0. The number of hydrogen-bond donors (Lipinski definition) is 4. The van der Waals surface area contributed by atoms with Gasteiger partial charge in [0.2, 0.25) is 0 Å². The second kappa shape index (κ2) is 3.34. The van der Waals surface area contributed by atoms with Crippen LogP contribution in [-0.4, -0.2) is 0 Å². The van der Waals surface area contributed by atoms with E-state index in [1.54, 1.807) is 6.07 Å². The SMILES string of the molecule is Sc1[c]cc(S)c(S)c1S. The highest BCUT2D eigenvalue weighted by Gasteiger charge is 2.01. The molecule has 0 nitrogen and oxygen atoms in total. The molecule has 0 aliphatic heterocycles. The molecule has 1 rings (SSSR count). The average Bonchev–Trinajstić information content (AvgIpc) is 1.93. The molecule has 0 aliphatic carbocycles. The molecule has 1 radical (unpaired) electrons. The average molecular weight is 205 g/mol. The standard InChI is InChI=1S/C6H5S4/c7-3-1-2-4(8)6(10)5(3)9/h1,7-10H. The first kappa shape index (κ1) is 8.71. The molecule has 0 aromatic heterocycles. The third kappa shape index (κ3) is 1.61. The monoisotopic (exact) mass is 205 g/mol. The van der Waals surface area contributed by atoms with Gasteiger partial charge in [0.05, 0.1) is 0 Å². The van der Waals surface area contributed by atoms with Gasteiger partial charge in [-0.1, -0.05) is 0 Å². The van der Waals surface area contributed by atoms with E-state index >= 15 is 0 Å². The zero-order valence-electron chi connectivity index (χ0n) is 4.87. The summed E-state index contributed by atoms with van der Waals surface area (Å²) >= 11 is 16.5. The van der Waals surface area contributed by atoms with E-state index in [1.165, 1.54) is 0 Å². The first-order valence-corrected chi connectivity index (χ1v) is 4.26. The Labute approximate surface area is 82.1 Å². The molecule has 0 fully saturated rings. The van der Waals surface area contributed by atoms with Gasteiger partial charge in [-0.15, -0.1) is 50.5 Å². The van der Waals surface area contributed by atoms with Crippen LogP contribution >= 0.6 is 50.5 Å². The van der Waals surface area contributed by atoms with E-state index in [4.69, 9.17) is 0 Å². The topological polar surface area (TPSA) is 0 Å². The number of benzene rings is 1. The highest BCUT2D eigenvalue weighted by atomic mass is 32.1. The molecular weight excluding hydrogens is 200 g/mol. The number of rotatable bonds is 0. The molecule has 53 valence electrons. The lowest BCUT2D eigenvalue weighted by Crippen LogP contribution is -1.77. The van der Waals surface area contributed by atoms with E-state index in [-0.39, 0.29) is 0 Å². The zero-order valence-corrected chi connectivity index (χ0v) is 8.44. The molecule has 0 saturated heterocycles. The van der Waals surface area contributed by atoms with Crippen molar-refractivity contribution in [3.05, 3.63) is 12.1 Å². The Morgan fingerprint density at radius 1 is 1.00 bits per heavy atom. The van der Waals surface area contributed by atoms with Crippen LogP contribution in [0.15, 0.2) is 25.6 Å². The van der Waals surface area contributed by atoms with Crippen molar-refractivity contribution >= 4 is 50.5 Å². The number of thiol groups is 4. The van der Waals surface area contributed by atoms with Gasteiger partial charge in [-0.3, -0.25) is 0 Å². The predicted molar refractivity (Wildman–Crippen MR) is 54.3 cm³/mol. The zero-order chi connectivity index (χ0) is 7.72. The van der Waals surface area contributed by atoms with Gasteiger partial charge >= 0.3 is 0 Å². The molecule has 10 heavy (non-hydrogen) atoms. The van der Waals surface area contributed by atoms with Crippen LogP contribution in [0.1, 0.15) is 0 Å². The van der Waals surface area contributed by atoms with Gasteiger partial charge in [0.15, 0.2) is 0 Å². The molecule has 0 N–H and O–H groups in total. The number of hydrogen-bond acceptors (Lipinski definition) is 4. The maximum Gasteiger partial charge on any atom is 0.0325 e. The van der Waals surface area contributed by atoms with Crippen molar-refractivity contribution in [3.63, 3.8) is 0 Å². The van der Waals surface area contributed by atoms with Crippen molar-refractivity contribution in [2.45, 2.75) is 19.6 Å². The summed E-state index contributed by atoms with van der Waals surface area (Å²) in [4.78, 5) is 2.94. The van der Waals surface area contributed by atoms with Gasteiger partial charge in [0.25, 0.3) is 0 Å². The van der Waals surface area contributed by atoms with E-state index in [2.05, 4.69) is 56.6 Å². The van der Waals surface area contributed by atoms with E-state index < -0.39 is 0 Å². The Bertz CT molecular complexity index is 229. The Kier molecular flexibility index (Phi) is 2.91. The van der Waals surface area contributed by atoms with E-state index in [0.717, 1.165) is 14.7 Å². The molecule has 0 atom stereocenters. The van der Waals surface area contributed by atoms with Gasteiger partial charge < -0.3 is 0 Å². The van der Waals surface area contributed by atoms with Gasteiger partial charge in [0.1, 0.15) is 0 Å². The van der Waals surface area contributed by atoms with Crippen LogP contribution in [0.3, 0.4) is 0 Å². The van der Waals surface area contributed by atoms with Crippen LogP contribution < -0.4 is 0 Å². The van der Waals surface area contributed by atoms with Crippen molar-refractivity contribution in [2.75, 3.05) is 0 Å². The van der Waals surface area contributed by atoms with Crippen LogP contribution in [0.2, 0.25) is 0 Å². The van der Waals surface area contributed by atoms with Gasteiger partial charge in [-0.25, -0.2) is 0 Å². The highest BCUT2D eigenvalue weighted by molar-refractivity contribution is 7.86. The molecule has 0 bridgehead atoms. The second-order valence-corrected chi connectivity index (χ2v) is 3.54. The Morgan fingerprint density at radius 3 is 2.10 bits per heavy atom. The first-order chi connectivity index (χ1) is 4.63. The summed E-state index contributed by atoms with van der Waals surface area (Å²) in [6.45, 7) is 0. The lowest BCUT2D eigenvalue weighted by molar-refractivity contribution is 1.05. The van der Waals surface area contributed by atoms with Gasteiger partial charge in [0, 0.05) is 19.6 Å². The van der Waals surface area contributed by atoms with Crippen molar-refractivity contribution in [3.8, 4) is 0 Å². The van der Waals surface area contributed by atoms with Crippen LogP contribution in [0.4, 0.5) is 0 Å². The first-order valence-electron chi connectivity index (χ1n) is 2.47. The lowest BCUT2D eigenvalue weighted by atomic mass is 10.3. The molecular formula is C6H5S4. The minimum atomic E-state index is 0.700. The highest BCUT2D eigenvalue weighted by Crippen LogP contribution is 2.29. The van der Waals surface area contributed by atoms with Crippen LogP contribution in [-0.2, 0) is 0 Å². The molecule has 0 spiro atoms. The summed E-state index contributed by atoms with van der Waals surface area (Å²) in [6, 6.07) is 4.59. The quantitative estimate of drug-likeness (QED) is 0.460. The van der Waals surface area contributed by atoms with Crippen molar-refractivity contribution in [1.29, 1.82) is 0 Å². The molecule has 0 unspecified atom stereocenters. The van der Waals surface area contributed by atoms with E-state index in [0.29, 0.717) is 4.90 Å².